The zero-order chi connectivity index (χ0) is 19.2. The van der Waals surface area contributed by atoms with Gasteiger partial charge in [0.2, 0.25) is 5.78 Å². The van der Waals surface area contributed by atoms with Gasteiger partial charge in [-0.1, -0.05) is 18.2 Å². The van der Waals surface area contributed by atoms with Crippen molar-refractivity contribution in [3.63, 3.8) is 0 Å². The maximum absolute atomic E-state index is 13.5. The molecule has 5 nitrogen and oxygen atoms in total. The summed E-state index contributed by atoms with van der Waals surface area (Å²) in [4.78, 5) is 12.2. The molecule has 0 amide bonds. The highest BCUT2D eigenvalue weighted by Crippen LogP contribution is 2.16. The molecule has 0 N–H and O–H groups in total. The number of aromatic nitrogens is 4. The van der Waals surface area contributed by atoms with E-state index >= 15 is 0 Å². The second kappa shape index (κ2) is 8.35. The maximum atomic E-state index is 13.5. The Morgan fingerprint density at radius 3 is 2.96 bits per heavy atom. The van der Waals surface area contributed by atoms with Gasteiger partial charge < -0.3 is 4.74 Å². The molecule has 0 aliphatic rings. The van der Waals surface area contributed by atoms with Gasteiger partial charge in [0, 0.05) is 24.8 Å². The second-order valence-electron chi connectivity index (χ2n) is 5.94. The van der Waals surface area contributed by atoms with Gasteiger partial charge in [-0.3, -0.25) is 4.40 Å². The van der Waals surface area contributed by atoms with Crippen LogP contribution in [0.15, 0.2) is 73.1 Å². The molecular weight excluding hydrogens is 350 g/mol. The van der Waals surface area contributed by atoms with Gasteiger partial charge in [-0.15, -0.1) is 0 Å². The number of halogens is 2. The molecule has 0 aliphatic heterocycles. The summed E-state index contributed by atoms with van der Waals surface area (Å²) in [5, 5.41) is 0. The van der Waals surface area contributed by atoms with E-state index in [9.17, 15) is 8.78 Å². The molecule has 27 heavy (non-hydrogen) atoms. The second-order valence-corrected chi connectivity index (χ2v) is 5.94. The molecule has 3 heterocycles. The molecule has 0 aromatic carbocycles. The molecular formula is C20H18F2N4O. The zero-order valence-corrected chi connectivity index (χ0v) is 14.8. The van der Waals surface area contributed by atoms with Crippen LogP contribution in [0.2, 0.25) is 0 Å². The van der Waals surface area contributed by atoms with E-state index in [1.165, 1.54) is 30.5 Å². The predicted octanol–water partition coefficient (Wildman–Crippen LogP) is 4.37. The highest BCUT2D eigenvalue weighted by Gasteiger charge is 2.08. The summed E-state index contributed by atoms with van der Waals surface area (Å²) in [5.41, 5.74) is 2.36. The lowest BCUT2D eigenvalue weighted by molar-refractivity contribution is 0.282. The van der Waals surface area contributed by atoms with Crippen molar-refractivity contribution in [3.05, 3.63) is 90.3 Å². The summed E-state index contributed by atoms with van der Waals surface area (Å²) in [6.07, 6.45) is 11.4. The standard InChI is InChI=1S/C20H18F2N4O/c1-3-5-16(21)9-14(2)8-15-10-24-20-25-17(12-26(20)11-15)13-27-18-6-4-7-23-19(18)22/h3-7,9-12H,1,8,13H2,2H3/b14-9-,16-5+. The minimum atomic E-state index is -0.665. The number of imidazole rings is 1. The van der Waals surface area contributed by atoms with Crippen molar-refractivity contribution in [2.45, 2.75) is 20.0 Å². The normalized spacial score (nSPS) is 12.4. The van der Waals surface area contributed by atoms with E-state index in [1.807, 2.05) is 13.1 Å². The molecule has 0 saturated carbocycles. The van der Waals surface area contributed by atoms with Crippen LogP contribution >= 0.6 is 0 Å². The van der Waals surface area contributed by atoms with Gasteiger partial charge in [-0.25, -0.2) is 19.3 Å². The molecule has 7 heteroatoms. The van der Waals surface area contributed by atoms with Crippen LogP contribution in [0.3, 0.4) is 0 Å². The van der Waals surface area contributed by atoms with Crippen LogP contribution in [0.5, 0.6) is 5.75 Å². The number of rotatable bonds is 7. The summed E-state index contributed by atoms with van der Waals surface area (Å²) in [7, 11) is 0. The number of ether oxygens (including phenoxy) is 1. The van der Waals surface area contributed by atoms with E-state index < -0.39 is 5.95 Å². The Kier molecular flexibility index (Phi) is 5.71. The van der Waals surface area contributed by atoms with Gasteiger partial charge in [0.1, 0.15) is 12.4 Å². The van der Waals surface area contributed by atoms with Crippen molar-refractivity contribution < 1.29 is 13.5 Å². The van der Waals surface area contributed by atoms with Crippen LogP contribution in [-0.2, 0) is 13.0 Å². The van der Waals surface area contributed by atoms with Crippen LogP contribution in [0.4, 0.5) is 8.78 Å². The number of hydrogen-bond donors (Lipinski definition) is 0. The highest BCUT2D eigenvalue weighted by molar-refractivity contribution is 5.33. The fourth-order valence-electron chi connectivity index (χ4n) is 2.54. The van der Waals surface area contributed by atoms with E-state index in [0.29, 0.717) is 17.9 Å². The Bertz CT molecular complexity index is 1020. The fraction of sp³-hybridized carbons (Fsp3) is 0.150. The van der Waals surface area contributed by atoms with Gasteiger partial charge in [0.05, 0.1) is 5.69 Å². The van der Waals surface area contributed by atoms with E-state index in [2.05, 4.69) is 21.5 Å². The Morgan fingerprint density at radius 2 is 2.19 bits per heavy atom. The topological polar surface area (TPSA) is 52.3 Å². The van der Waals surface area contributed by atoms with Crippen molar-refractivity contribution in [3.8, 4) is 5.75 Å². The first kappa shape index (κ1) is 18.4. The van der Waals surface area contributed by atoms with Crippen molar-refractivity contribution >= 4 is 5.78 Å². The lowest BCUT2D eigenvalue weighted by Crippen LogP contribution is -1.98. The molecule has 3 rings (SSSR count). The molecule has 0 aliphatic carbocycles. The number of fused-ring (bicyclic) bond motifs is 1. The first-order chi connectivity index (χ1) is 13.0. The monoisotopic (exact) mass is 368 g/mol. The van der Waals surface area contributed by atoms with Crippen molar-refractivity contribution in [1.82, 2.24) is 19.4 Å². The minimum Gasteiger partial charge on any atom is -0.482 e. The van der Waals surface area contributed by atoms with Crippen molar-refractivity contribution in [1.29, 1.82) is 0 Å². The molecule has 0 spiro atoms. The van der Waals surface area contributed by atoms with Crippen LogP contribution in [0, 0.1) is 5.95 Å². The fourth-order valence-corrected chi connectivity index (χ4v) is 2.54. The quantitative estimate of drug-likeness (QED) is 0.459. The van der Waals surface area contributed by atoms with Crippen molar-refractivity contribution in [2.75, 3.05) is 0 Å². The Morgan fingerprint density at radius 1 is 1.33 bits per heavy atom. The smallest absolute Gasteiger partial charge is 0.255 e. The number of allylic oxidation sites excluding steroid dienone is 5. The average Bonchev–Trinajstić information content (AvgIpc) is 3.03. The van der Waals surface area contributed by atoms with Gasteiger partial charge in [-0.05, 0) is 43.2 Å². The molecule has 138 valence electrons. The summed E-state index contributed by atoms with van der Waals surface area (Å²) >= 11 is 0. The van der Waals surface area contributed by atoms with E-state index in [0.717, 1.165) is 11.1 Å². The largest absolute Gasteiger partial charge is 0.482 e. The van der Waals surface area contributed by atoms with Gasteiger partial charge in [0.15, 0.2) is 5.75 Å². The maximum Gasteiger partial charge on any atom is 0.255 e. The SMILES string of the molecule is C=C/C=C(F)\C=C(\C)Cc1cnc2nc(COc3cccnc3F)cn2c1. The summed E-state index contributed by atoms with van der Waals surface area (Å²) in [5.74, 6) is -0.440. The lowest BCUT2D eigenvalue weighted by Gasteiger charge is -2.03. The van der Waals surface area contributed by atoms with Crippen LogP contribution in [0.1, 0.15) is 18.2 Å². The van der Waals surface area contributed by atoms with E-state index in [4.69, 9.17) is 4.74 Å². The highest BCUT2D eigenvalue weighted by atomic mass is 19.1. The summed E-state index contributed by atoms with van der Waals surface area (Å²) in [6.45, 7) is 5.41. The Labute approximate surface area is 155 Å². The van der Waals surface area contributed by atoms with E-state index in [-0.39, 0.29) is 18.2 Å². The van der Waals surface area contributed by atoms with Crippen LogP contribution in [0.25, 0.3) is 5.78 Å². The summed E-state index contributed by atoms with van der Waals surface area (Å²) < 4.78 is 34.2. The molecule has 0 radical (unpaired) electrons. The Balaban J connectivity index is 1.72. The average molecular weight is 368 g/mol. The van der Waals surface area contributed by atoms with Crippen LogP contribution in [-0.4, -0.2) is 19.4 Å². The minimum absolute atomic E-state index is 0.0681. The van der Waals surface area contributed by atoms with Crippen molar-refractivity contribution in [2.24, 2.45) is 0 Å². The van der Waals surface area contributed by atoms with E-state index in [1.54, 1.807) is 22.9 Å². The Hall–Kier alpha value is -3.35. The summed E-state index contributed by atoms with van der Waals surface area (Å²) in [6, 6.07) is 3.10. The lowest BCUT2D eigenvalue weighted by atomic mass is 10.1. The van der Waals surface area contributed by atoms with Gasteiger partial charge >= 0.3 is 0 Å². The molecule has 0 saturated heterocycles. The number of hydrogen-bond acceptors (Lipinski definition) is 4. The molecule has 3 aromatic heterocycles. The van der Waals surface area contributed by atoms with Gasteiger partial charge in [0.25, 0.3) is 5.95 Å². The molecule has 0 unspecified atom stereocenters. The van der Waals surface area contributed by atoms with Crippen LogP contribution < -0.4 is 4.74 Å². The first-order valence-electron chi connectivity index (χ1n) is 8.26. The first-order valence-corrected chi connectivity index (χ1v) is 8.26. The molecule has 0 fully saturated rings. The van der Waals surface area contributed by atoms with Gasteiger partial charge in [-0.2, -0.15) is 4.39 Å². The zero-order valence-electron chi connectivity index (χ0n) is 14.8. The number of nitrogens with zero attached hydrogens (tertiary/aromatic N) is 4. The third-order valence-electron chi connectivity index (χ3n) is 3.66. The molecule has 0 atom stereocenters. The third kappa shape index (κ3) is 4.84. The third-order valence-corrected chi connectivity index (χ3v) is 3.66. The number of pyridine rings is 1. The molecule has 3 aromatic rings. The predicted molar refractivity (Wildman–Crippen MR) is 98.4 cm³/mol. The molecule has 0 bridgehead atoms.